The number of unbranched alkanes of at least 4 members (excludes halogenated alkanes) is 20. The quantitative estimate of drug-likeness (QED) is 0.0386. The summed E-state index contributed by atoms with van der Waals surface area (Å²) < 4.78 is 15.4. The minimum atomic E-state index is -4.64. The van der Waals surface area contributed by atoms with Gasteiger partial charge >= 0.3 is 37.4 Å². The molecule has 0 bridgehead atoms. The van der Waals surface area contributed by atoms with Gasteiger partial charge in [-0.15, -0.1) is 0 Å². The van der Waals surface area contributed by atoms with E-state index in [9.17, 15) is 0 Å². The molecule has 2 atom stereocenters. The molecule has 258 valence electrons. The first-order valence-electron chi connectivity index (χ1n) is 18.6. The Balaban J connectivity index is -0.00000105. The van der Waals surface area contributed by atoms with Gasteiger partial charge in [0.25, 0.3) is 0 Å². The van der Waals surface area contributed by atoms with Gasteiger partial charge < -0.3 is 20.8 Å². The van der Waals surface area contributed by atoms with Crippen LogP contribution in [0.25, 0.3) is 0 Å². The molecule has 0 saturated carbocycles. The van der Waals surface area contributed by atoms with E-state index in [-0.39, 0.29) is 31.0 Å². The van der Waals surface area contributed by atoms with Crippen LogP contribution in [-0.4, -0.2) is 27.9 Å². The molecular weight excluding hydrogens is 566 g/mol. The normalized spacial score (nSPS) is 12.8. The predicted molar refractivity (Wildman–Crippen MR) is 185 cm³/mol. The monoisotopic (exact) mass is 645 g/mol. The van der Waals surface area contributed by atoms with Crippen LogP contribution in [0.4, 0.5) is 0 Å². The van der Waals surface area contributed by atoms with Crippen LogP contribution < -0.4 is 29.6 Å². The first-order valence-corrected chi connectivity index (χ1v) is 20.2. The van der Waals surface area contributed by atoms with E-state index < -0.39 is 7.82 Å². The summed E-state index contributed by atoms with van der Waals surface area (Å²) in [4.78, 5) is 21.6. The first kappa shape index (κ1) is 48.5. The molecule has 3 N–H and O–H groups in total. The fourth-order valence-electron chi connectivity index (χ4n) is 5.88. The molecule has 0 aromatic rings. The molecule has 0 aromatic carbocycles. The Bertz CT molecular complexity index is 508. The Kier molecular flexibility index (Phi) is 44.2. The molecule has 7 heteroatoms. The van der Waals surface area contributed by atoms with Gasteiger partial charge in [0.1, 0.15) is 0 Å². The zero-order valence-corrected chi connectivity index (χ0v) is 32.9. The molecule has 0 saturated heterocycles. The summed E-state index contributed by atoms with van der Waals surface area (Å²) in [6.45, 7) is 11.3. The second-order valence-electron chi connectivity index (χ2n) is 13.0. The van der Waals surface area contributed by atoms with Crippen LogP contribution in [0.15, 0.2) is 0 Å². The maximum absolute atomic E-state index is 8.88. The van der Waals surface area contributed by atoms with Crippen LogP contribution in [0.2, 0.25) is 0 Å². The largest absolute Gasteiger partial charge is 1.00 e. The van der Waals surface area contributed by atoms with E-state index in [0.29, 0.717) is 0 Å². The van der Waals surface area contributed by atoms with Crippen molar-refractivity contribution in [2.24, 2.45) is 11.8 Å². The summed E-state index contributed by atoms with van der Waals surface area (Å²) in [5, 5.41) is 0. The summed E-state index contributed by atoms with van der Waals surface area (Å²) in [7, 11) is -4.64. The van der Waals surface area contributed by atoms with Crippen molar-refractivity contribution in [2.75, 3.05) is 13.2 Å². The summed E-state index contributed by atoms with van der Waals surface area (Å²) in [6.07, 6.45) is 39.7. The van der Waals surface area contributed by atoms with Gasteiger partial charge in [0.15, 0.2) is 0 Å². The van der Waals surface area contributed by atoms with E-state index >= 15 is 0 Å². The maximum atomic E-state index is 8.88. The molecule has 0 aliphatic rings. The molecule has 0 spiro atoms. The van der Waals surface area contributed by atoms with Crippen LogP contribution in [0.1, 0.15) is 209 Å². The third kappa shape index (κ3) is 47.6. The summed E-state index contributed by atoms with van der Waals surface area (Å²) in [5.74, 6) is 1.61. The van der Waals surface area contributed by atoms with Gasteiger partial charge in [-0.2, -0.15) is 0 Å². The molecule has 0 aliphatic heterocycles. The van der Waals surface area contributed by atoms with E-state index in [2.05, 4.69) is 27.7 Å². The zero-order valence-electron chi connectivity index (χ0n) is 31.0. The Hall–Kier alpha value is 1.07. The minimum Gasteiger partial charge on any atom is -1.00 e. The molecule has 0 heterocycles. The van der Waals surface area contributed by atoms with Gasteiger partial charge in [0, 0.05) is 13.2 Å². The van der Waals surface area contributed by atoms with Gasteiger partial charge in [-0.1, -0.05) is 182 Å². The maximum Gasteiger partial charge on any atom is 1.00 e. The summed E-state index contributed by atoms with van der Waals surface area (Å²) >= 11 is 0. The molecule has 2 unspecified atom stereocenters. The molecule has 0 fully saturated rings. The SMILES string of the molecule is CCCCCCCCCCC(CCCCCC)COCC(CCCCCC)CCCCCCCCCC.O=P(O)(O)O.[H-].[Na+]. The van der Waals surface area contributed by atoms with Crippen molar-refractivity contribution in [3.8, 4) is 0 Å². The van der Waals surface area contributed by atoms with Gasteiger partial charge in [0.05, 0.1) is 0 Å². The van der Waals surface area contributed by atoms with Gasteiger partial charge in [-0.05, 0) is 37.5 Å². The van der Waals surface area contributed by atoms with Crippen molar-refractivity contribution < 1.29 is 55.0 Å². The molecule has 43 heavy (non-hydrogen) atoms. The summed E-state index contributed by atoms with van der Waals surface area (Å²) in [5.41, 5.74) is 0. The average molecular weight is 645 g/mol. The van der Waals surface area contributed by atoms with Crippen molar-refractivity contribution in [3.05, 3.63) is 0 Å². The molecule has 5 nitrogen and oxygen atoms in total. The van der Waals surface area contributed by atoms with E-state index in [1.54, 1.807) is 0 Å². The third-order valence-corrected chi connectivity index (χ3v) is 8.57. The first-order chi connectivity index (χ1) is 20.3. The number of ether oxygens (including phenoxy) is 1. The Morgan fingerprint density at radius 2 is 0.628 bits per heavy atom. The van der Waals surface area contributed by atoms with Gasteiger partial charge in [-0.25, -0.2) is 4.57 Å². The number of phosphoric acid groups is 1. The number of rotatable bonds is 32. The Labute approximate surface area is 293 Å². The van der Waals surface area contributed by atoms with E-state index in [1.807, 2.05) is 0 Å². The van der Waals surface area contributed by atoms with Gasteiger partial charge in [-0.3, -0.25) is 0 Å². The van der Waals surface area contributed by atoms with Crippen LogP contribution in [0.5, 0.6) is 0 Å². The molecule has 0 radical (unpaired) electrons. The van der Waals surface area contributed by atoms with Crippen molar-refractivity contribution in [1.82, 2.24) is 0 Å². The average Bonchev–Trinajstić information content (AvgIpc) is 2.94. The molecular formula is C36H78NaO5P. The van der Waals surface area contributed by atoms with Crippen molar-refractivity contribution in [2.45, 2.75) is 207 Å². The van der Waals surface area contributed by atoms with Crippen molar-refractivity contribution >= 4 is 7.82 Å². The minimum absolute atomic E-state index is 0. The van der Waals surface area contributed by atoms with Crippen molar-refractivity contribution in [3.63, 3.8) is 0 Å². The second kappa shape index (κ2) is 39.2. The van der Waals surface area contributed by atoms with E-state index in [4.69, 9.17) is 24.0 Å². The number of hydrogen-bond donors (Lipinski definition) is 3. The topological polar surface area (TPSA) is 87.0 Å². The van der Waals surface area contributed by atoms with Crippen molar-refractivity contribution in [1.29, 1.82) is 0 Å². The van der Waals surface area contributed by atoms with Crippen LogP contribution in [0, 0.1) is 11.8 Å². The molecule has 0 rings (SSSR count). The fourth-order valence-corrected chi connectivity index (χ4v) is 5.88. The Morgan fingerprint density at radius 1 is 0.442 bits per heavy atom. The summed E-state index contributed by atoms with van der Waals surface area (Å²) in [6, 6.07) is 0. The fraction of sp³-hybridized carbons (Fsp3) is 1.00. The Morgan fingerprint density at radius 3 is 0.860 bits per heavy atom. The van der Waals surface area contributed by atoms with E-state index in [1.165, 1.54) is 180 Å². The zero-order chi connectivity index (χ0) is 31.6. The van der Waals surface area contributed by atoms with Crippen LogP contribution in [0.3, 0.4) is 0 Å². The smallest absolute Gasteiger partial charge is 1.00 e. The van der Waals surface area contributed by atoms with Gasteiger partial charge in [0.2, 0.25) is 0 Å². The van der Waals surface area contributed by atoms with Crippen LogP contribution >= 0.6 is 7.82 Å². The number of hydrogen-bond acceptors (Lipinski definition) is 2. The predicted octanol–water partition coefficient (Wildman–Crippen LogP) is 9.43. The molecule has 0 aliphatic carbocycles. The standard InChI is InChI=1S/C36H74O.Na.H3O4P.H/c1-5-9-13-17-19-21-23-27-31-35(29-25-15-11-7-3)33-37-34-36(30-26-16-12-8-4)32-28-24-22-20-18-14-10-6-2;;1-5(2,3)4;/h35-36H,5-34H2,1-4H3;;(H3,1,2,3,4);/q;+1;;-1. The second-order valence-corrected chi connectivity index (χ2v) is 14.0. The third-order valence-electron chi connectivity index (χ3n) is 8.57. The molecule has 0 amide bonds. The van der Waals surface area contributed by atoms with E-state index in [0.717, 1.165) is 25.0 Å². The van der Waals surface area contributed by atoms with Crippen LogP contribution in [-0.2, 0) is 9.30 Å². The molecule has 0 aromatic heterocycles.